The van der Waals surface area contributed by atoms with Crippen molar-refractivity contribution in [1.82, 2.24) is 0 Å². The quantitative estimate of drug-likeness (QED) is 0.645. The molecule has 0 spiro atoms. The summed E-state index contributed by atoms with van der Waals surface area (Å²) in [7, 11) is 0. The van der Waals surface area contributed by atoms with Crippen molar-refractivity contribution < 1.29 is 13.9 Å². The van der Waals surface area contributed by atoms with Crippen molar-refractivity contribution in [2.45, 2.75) is 6.54 Å². The van der Waals surface area contributed by atoms with Crippen LogP contribution < -0.4 is 5.73 Å². The van der Waals surface area contributed by atoms with E-state index < -0.39 is 17.4 Å². The van der Waals surface area contributed by atoms with Crippen LogP contribution in [0.15, 0.2) is 12.1 Å². The van der Waals surface area contributed by atoms with Gasteiger partial charge in [-0.15, -0.1) is 0 Å². The van der Waals surface area contributed by atoms with Gasteiger partial charge in [-0.1, -0.05) is 0 Å². The van der Waals surface area contributed by atoms with Gasteiger partial charge in [0.15, 0.2) is 0 Å². The molecular formula is C7H7F2NO. The molecule has 0 aliphatic rings. The smallest absolute Gasteiger partial charge is 0.134 e. The van der Waals surface area contributed by atoms with E-state index in [9.17, 15) is 8.78 Å². The monoisotopic (exact) mass is 159 g/mol. The fourth-order valence-electron chi connectivity index (χ4n) is 0.785. The molecule has 60 valence electrons. The van der Waals surface area contributed by atoms with E-state index in [-0.39, 0.29) is 12.1 Å². The summed E-state index contributed by atoms with van der Waals surface area (Å²) in [6, 6.07) is 1.65. The van der Waals surface area contributed by atoms with E-state index in [1.54, 1.807) is 0 Å². The molecule has 0 bridgehead atoms. The Balaban J connectivity index is 3.25. The molecule has 1 aromatic carbocycles. The highest BCUT2D eigenvalue weighted by Gasteiger charge is 2.08. The molecule has 0 saturated heterocycles. The third kappa shape index (κ3) is 1.46. The zero-order valence-corrected chi connectivity index (χ0v) is 5.64. The van der Waals surface area contributed by atoms with Gasteiger partial charge in [-0.2, -0.15) is 0 Å². The molecule has 0 aromatic heterocycles. The molecule has 4 heteroatoms. The number of nitrogens with two attached hydrogens (primary N) is 1. The van der Waals surface area contributed by atoms with Crippen LogP contribution in [0.3, 0.4) is 0 Å². The van der Waals surface area contributed by atoms with E-state index in [0.29, 0.717) is 0 Å². The maximum atomic E-state index is 12.6. The highest BCUT2D eigenvalue weighted by molar-refractivity contribution is 5.29. The molecule has 11 heavy (non-hydrogen) atoms. The predicted octanol–water partition coefficient (Wildman–Crippen LogP) is 1.13. The minimum atomic E-state index is -0.815. The molecule has 0 aliphatic carbocycles. The number of benzene rings is 1. The average Bonchev–Trinajstić information content (AvgIpc) is 1.85. The number of halogens is 2. The Morgan fingerprint density at radius 3 is 2.09 bits per heavy atom. The van der Waals surface area contributed by atoms with Crippen LogP contribution in [-0.4, -0.2) is 5.11 Å². The van der Waals surface area contributed by atoms with Crippen LogP contribution in [0.5, 0.6) is 5.75 Å². The minimum Gasteiger partial charge on any atom is -0.508 e. The molecule has 0 atom stereocenters. The summed E-state index contributed by atoms with van der Waals surface area (Å²) >= 11 is 0. The van der Waals surface area contributed by atoms with Gasteiger partial charge in [0.05, 0.1) is 0 Å². The lowest BCUT2D eigenvalue weighted by atomic mass is 10.2. The summed E-state index contributed by atoms with van der Waals surface area (Å²) in [6.45, 7) is -0.210. The van der Waals surface area contributed by atoms with Crippen molar-refractivity contribution in [3.05, 3.63) is 29.3 Å². The first-order valence-corrected chi connectivity index (χ1v) is 3.02. The number of hydrogen-bond donors (Lipinski definition) is 2. The molecule has 0 fully saturated rings. The van der Waals surface area contributed by atoms with E-state index in [2.05, 4.69) is 0 Å². The van der Waals surface area contributed by atoms with Gasteiger partial charge in [0.2, 0.25) is 0 Å². The summed E-state index contributed by atoms with van der Waals surface area (Å²) in [6.07, 6.45) is 0. The van der Waals surface area contributed by atoms with E-state index in [1.165, 1.54) is 0 Å². The maximum absolute atomic E-state index is 12.6. The Hall–Kier alpha value is -1.16. The molecule has 0 unspecified atom stereocenters. The molecule has 0 amide bonds. The second kappa shape index (κ2) is 2.84. The third-order valence-electron chi connectivity index (χ3n) is 1.33. The van der Waals surface area contributed by atoms with Crippen molar-refractivity contribution in [1.29, 1.82) is 0 Å². The molecular weight excluding hydrogens is 152 g/mol. The van der Waals surface area contributed by atoms with Gasteiger partial charge in [0.1, 0.15) is 17.4 Å². The van der Waals surface area contributed by atoms with Crippen LogP contribution in [0, 0.1) is 11.6 Å². The number of rotatable bonds is 1. The summed E-state index contributed by atoms with van der Waals surface area (Å²) in [5, 5.41) is 8.69. The molecule has 0 heterocycles. The highest BCUT2D eigenvalue weighted by Crippen LogP contribution is 2.18. The van der Waals surface area contributed by atoms with Crippen molar-refractivity contribution in [2.75, 3.05) is 0 Å². The van der Waals surface area contributed by atoms with Gasteiger partial charge in [0.25, 0.3) is 0 Å². The van der Waals surface area contributed by atoms with E-state index in [0.717, 1.165) is 12.1 Å². The number of phenols is 1. The second-order valence-electron chi connectivity index (χ2n) is 2.09. The van der Waals surface area contributed by atoms with Gasteiger partial charge in [-0.25, -0.2) is 8.78 Å². The van der Waals surface area contributed by atoms with Crippen LogP contribution >= 0.6 is 0 Å². The van der Waals surface area contributed by atoms with Gasteiger partial charge < -0.3 is 10.8 Å². The molecule has 1 rings (SSSR count). The molecule has 0 saturated carbocycles. The zero-order chi connectivity index (χ0) is 8.43. The van der Waals surface area contributed by atoms with Crippen LogP contribution in [-0.2, 0) is 6.54 Å². The van der Waals surface area contributed by atoms with Gasteiger partial charge >= 0.3 is 0 Å². The zero-order valence-electron chi connectivity index (χ0n) is 5.64. The van der Waals surface area contributed by atoms with Crippen molar-refractivity contribution in [3.8, 4) is 5.75 Å². The Bertz CT molecular complexity index is 252. The Morgan fingerprint density at radius 2 is 1.73 bits per heavy atom. The third-order valence-corrected chi connectivity index (χ3v) is 1.33. The molecule has 2 nitrogen and oxygen atoms in total. The normalized spacial score (nSPS) is 10.1. The van der Waals surface area contributed by atoms with Crippen LogP contribution in [0.25, 0.3) is 0 Å². The molecule has 1 aromatic rings. The summed E-state index contributed by atoms with van der Waals surface area (Å²) in [4.78, 5) is 0. The largest absolute Gasteiger partial charge is 0.508 e. The molecule has 0 aliphatic heterocycles. The summed E-state index contributed by atoms with van der Waals surface area (Å²) < 4.78 is 25.3. The van der Waals surface area contributed by atoms with E-state index in [1.807, 2.05) is 0 Å². The van der Waals surface area contributed by atoms with Crippen LogP contribution in [0.2, 0.25) is 0 Å². The molecule has 0 radical (unpaired) electrons. The first kappa shape index (κ1) is 7.94. The second-order valence-corrected chi connectivity index (χ2v) is 2.09. The van der Waals surface area contributed by atoms with Crippen molar-refractivity contribution in [2.24, 2.45) is 5.73 Å². The Kier molecular flexibility index (Phi) is 2.05. The number of hydrogen-bond acceptors (Lipinski definition) is 2. The maximum Gasteiger partial charge on any atom is 0.134 e. The van der Waals surface area contributed by atoms with Crippen LogP contribution in [0.4, 0.5) is 8.78 Å². The topological polar surface area (TPSA) is 46.2 Å². The van der Waals surface area contributed by atoms with E-state index >= 15 is 0 Å². The van der Waals surface area contributed by atoms with Crippen LogP contribution in [0.1, 0.15) is 5.56 Å². The summed E-state index contributed by atoms with van der Waals surface area (Å²) in [5.41, 5.74) is 4.83. The first-order chi connectivity index (χ1) is 5.15. The average molecular weight is 159 g/mol. The van der Waals surface area contributed by atoms with Crippen molar-refractivity contribution >= 4 is 0 Å². The SMILES string of the molecule is NCc1c(F)cc(O)cc1F. The lowest BCUT2D eigenvalue weighted by Crippen LogP contribution is -2.02. The minimum absolute atomic E-state index is 0.206. The van der Waals surface area contributed by atoms with Gasteiger partial charge in [-0.05, 0) is 0 Å². The Labute approximate surface area is 62.3 Å². The Morgan fingerprint density at radius 1 is 1.27 bits per heavy atom. The lowest BCUT2D eigenvalue weighted by Gasteiger charge is -2.01. The number of phenolic OH excluding ortho intramolecular Hbond substituents is 1. The highest BCUT2D eigenvalue weighted by atomic mass is 19.1. The standard InChI is InChI=1S/C7H7F2NO/c8-6-1-4(11)2-7(9)5(6)3-10/h1-2,11H,3,10H2. The van der Waals surface area contributed by atoms with Gasteiger partial charge in [-0.3, -0.25) is 0 Å². The molecule has 3 N–H and O–H groups in total. The van der Waals surface area contributed by atoms with Crippen molar-refractivity contribution in [3.63, 3.8) is 0 Å². The predicted molar refractivity (Wildman–Crippen MR) is 35.9 cm³/mol. The number of aromatic hydroxyl groups is 1. The fourth-order valence-corrected chi connectivity index (χ4v) is 0.785. The summed E-state index contributed by atoms with van der Waals surface area (Å²) in [5.74, 6) is -2.06. The first-order valence-electron chi connectivity index (χ1n) is 3.02. The van der Waals surface area contributed by atoms with Gasteiger partial charge in [0, 0.05) is 24.2 Å². The van der Waals surface area contributed by atoms with E-state index in [4.69, 9.17) is 10.8 Å². The fraction of sp³-hybridized carbons (Fsp3) is 0.143. The lowest BCUT2D eigenvalue weighted by molar-refractivity contribution is 0.456.